The van der Waals surface area contributed by atoms with Gasteiger partial charge in [-0.3, -0.25) is 19.2 Å². The maximum atomic E-state index is 13.1. The van der Waals surface area contributed by atoms with E-state index in [0.29, 0.717) is 11.7 Å². The fourth-order valence-corrected chi connectivity index (χ4v) is 5.05. The standard InChI is InChI=1S/C30H26N8O5/c1-15-36-28(38-43-15)19-5-7-20-18(10-19)6-8-21(20)37-30(42)23-11-22(34-14-35-23)29(41)33-13-17-4-2-3-16(9-17)12-32-25-24(31)26(39)27(25)40/h2-5,7,9-11,14,21,32H,1,6,8,12-13,31H2,(H,33,41)(H,36,38)(H,37,42)/t21-/m0/s1. The summed E-state index contributed by atoms with van der Waals surface area (Å²) in [5.74, 6) is 0.00269. The number of aromatic nitrogens is 2. The molecule has 2 aliphatic rings. The van der Waals surface area contributed by atoms with Gasteiger partial charge in [-0.05, 0) is 47.7 Å². The third-order valence-electron chi connectivity index (χ3n) is 7.29. The minimum atomic E-state index is -0.682. The van der Waals surface area contributed by atoms with E-state index in [-0.39, 0.29) is 41.9 Å². The Bertz CT molecular complexity index is 1890. The van der Waals surface area contributed by atoms with Crippen LogP contribution in [-0.2, 0) is 24.3 Å². The Morgan fingerprint density at radius 1 is 1.00 bits per heavy atom. The summed E-state index contributed by atoms with van der Waals surface area (Å²) >= 11 is 0. The van der Waals surface area contributed by atoms with Crippen molar-refractivity contribution in [3.8, 4) is 0 Å². The number of fused-ring (bicyclic) bond motifs is 1. The van der Waals surface area contributed by atoms with Crippen LogP contribution in [0.25, 0.3) is 0 Å². The van der Waals surface area contributed by atoms with Crippen LogP contribution in [0.2, 0.25) is 0 Å². The van der Waals surface area contributed by atoms with Gasteiger partial charge in [0.2, 0.25) is 5.88 Å². The van der Waals surface area contributed by atoms with Crippen molar-refractivity contribution in [3.05, 3.63) is 127 Å². The summed E-state index contributed by atoms with van der Waals surface area (Å²) in [6.07, 6.45) is 2.69. The van der Waals surface area contributed by atoms with Crippen LogP contribution in [0.3, 0.4) is 0 Å². The lowest BCUT2D eigenvalue weighted by atomic mass is 10.0. The predicted molar refractivity (Wildman–Crippen MR) is 158 cm³/mol. The van der Waals surface area contributed by atoms with Crippen molar-refractivity contribution in [2.24, 2.45) is 4.99 Å². The Kier molecular flexibility index (Phi) is 7.12. The summed E-state index contributed by atoms with van der Waals surface area (Å²) in [5.41, 5.74) is 11.8. The molecule has 43 heavy (non-hydrogen) atoms. The highest BCUT2D eigenvalue weighted by molar-refractivity contribution is 6.00. The van der Waals surface area contributed by atoms with E-state index in [1.54, 1.807) is 0 Å². The number of benzene rings is 2. The molecule has 0 radical (unpaired) electrons. The molecule has 1 aliphatic carbocycles. The van der Waals surface area contributed by atoms with Gasteiger partial charge in [0, 0.05) is 24.7 Å². The Morgan fingerprint density at radius 2 is 1.77 bits per heavy atom. The number of nitrogens with one attached hydrogen (secondary N) is 4. The van der Waals surface area contributed by atoms with Gasteiger partial charge in [0.1, 0.15) is 29.1 Å². The molecule has 6 rings (SSSR count). The molecular formula is C30H26N8O5. The average Bonchev–Trinajstić information content (AvgIpc) is 3.65. The number of carbonyl (C=O) groups excluding carboxylic acids is 2. The largest absolute Gasteiger partial charge is 0.394 e. The first-order chi connectivity index (χ1) is 20.8. The van der Waals surface area contributed by atoms with Gasteiger partial charge in [0.15, 0.2) is 5.84 Å². The maximum absolute atomic E-state index is 13.1. The highest BCUT2D eigenvalue weighted by atomic mass is 16.7. The van der Waals surface area contributed by atoms with Gasteiger partial charge in [-0.2, -0.15) is 4.99 Å². The molecule has 0 bridgehead atoms. The van der Waals surface area contributed by atoms with Gasteiger partial charge in [0.25, 0.3) is 22.7 Å². The van der Waals surface area contributed by atoms with Crippen LogP contribution in [-0.4, -0.2) is 27.6 Å². The molecule has 13 heteroatoms. The molecule has 0 spiro atoms. The SMILES string of the molecule is C=C1N=C(c2ccc3c(c2)CC[C@@H]3NC(=O)c2cc(C(=O)NCc3cccc(CNc4c(N)c(=O)c4=O)c3)ncn2)NO1. The van der Waals surface area contributed by atoms with Crippen molar-refractivity contribution in [1.82, 2.24) is 26.1 Å². The summed E-state index contributed by atoms with van der Waals surface area (Å²) < 4.78 is 0. The minimum Gasteiger partial charge on any atom is -0.394 e. The van der Waals surface area contributed by atoms with Crippen LogP contribution in [0, 0.1) is 0 Å². The number of rotatable bonds is 9. The number of hydrogen-bond acceptors (Lipinski definition) is 11. The van der Waals surface area contributed by atoms with Crippen molar-refractivity contribution >= 4 is 29.0 Å². The zero-order chi connectivity index (χ0) is 30.1. The zero-order valence-corrected chi connectivity index (χ0v) is 22.8. The molecule has 0 unspecified atom stereocenters. The van der Waals surface area contributed by atoms with E-state index in [4.69, 9.17) is 10.6 Å². The Morgan fingerprint density at radius 3 is 2.51 bits per heavy atom. The van der Waals surface area contributed by atoms with Gasteiger partial charge >= 0.3 is 0 Å². The minimum absolute atomic E-state index is 0.0543. The van der Waals surface area contributed by atoms with Crippen molar-refractivity contribution in [2.45, 2.75) is 32.0 Å². The molecule has 0 fully saturated rings. The third kappa shape index (κ3) is 5.55. The van der Waals surface area contributed by atoms with Gasteiger partial charge in [0.05, 0.1) is 6.04 Å². The first-order valence-corrected chi connectivity index (χ1v) is 13.4. The second-order valence-corrected chi connectivity index (χ2v) is 10.1. The number of aryl methyl sites for hydroxylation is 1. The van der Waals surface area contributed by atoms with E-state index in [1.807, 2.05) is 42.5 Å². The smallest absolute Gasteiger partial charge is 0.270 e. The van der Waals surface area contributed by atoms with Crippen LogP contribution in [0.4, 0.5) is 11.4 Å². The Hall–Kier alpha value is -5.85. The molecule has 1 aliphatic heterocycles. The third-order valence-corrected chi connectivity index (χ3v) is 7.29. The number of anilines is 2. The summed E-state index contributed by atoms with van der Waals surface area (Å²) in [7, 11) is 0. The zero-order valence-electron chi connectivity index (χ0n) is 22.8. The second kappa shape index (κ2) is 11.2. The van der Waals surface area contributed by atoms with E-state index in [1.165, 1.54) is 12.4 Å². The number of nitrogen functional groups attached to an aromatic ring is 1. The van der Waals surface area contributed by atoms with E-state index < -0.39 is 22.7 Å². The molecule has 2 heterocycles. The molecule has 2 amide bonds. The lowest BCUT2D eigenvalue weighted by Gasteiger charge is -2.14. The molecule has 3 aromatic carbocycles. The van der Waals surface area contributed by atoms with Crippen molar-refractivity contribution in [1.29, 1.82) is 0 Å². The second-order valence-electron chi connectivity index (χ2n) is 10.1. The molecule has 216 valence electrons. The lowest BCUT2D eigenvalue weighted by molar-refractivity contribution is 0.0931. The summed E-state index contributed by atoms with van der Waals surface area (Å²) in [4.78, 5) is 66.2. The molecule has 4 aromatic rings. The number of hydroxylamine groups is 1. The number of nitrogens with zero attached hydrogens (tertiary/aromatic N) is 3. The molecule has 1 atom stereocenters. The van der Waals surface area contributed by atoms with Crippen LogP contribution < -0.4 is 38.0 Å². The molecule has 6 N–H and O–H groups in total. The van der Waals surface area contributed by atoms with Crippen LogP contribution in [0.1, 0.15) is 61.3 Å². The summed E-state index contributed by atoms with van der Waals surface area (Å²) in [6, 6.07) is 14.4. The number of aliphatic imine (C=N–C) groups is 1. The van der Waals surface area contributed by atoms with Crippen molar-refractivity contribution in [3.63, 3.8) is 0 Å². The van der Waals surface area contributed by atoms with E-state index in [9.17, 15) is 19.2 Å². The van der Waals surface area contributed by atoms with Gasteiger partial charge in [-0.25, -0.2) is 15.4 Å². The Balaban J connectivity index is 1.05. The maximum Gasteiger partial charge on any atom is 0.270 e. The van der Waals surface area contributed by atoms with Gasteiger partial charge in [-0.1, -0.05) is 36.4 Å². The van der Waals surface area contributed by atoms with Crippen molar-refractivity contribution < 1.29 is 14.4 Å². The normalized spacial score (nSPS) is 15.3. The van der Waals surface area contributed by atoms with E-state index in [2.05, 4.69) is 43.0 Å². The fraction of sp³-hybridized carbons (Fsp3) is 0.167. The fourth-order valence-electron chi connectivity index (χ4n) is 5.05. The average molecular weight is 579 g/mol. The number of amidine groups is 1. The lowest BCUT2D eigenvalue weighted by Crippen LogP contribution is -2.36. The van der Waals surface area contributed by atoms with E-state index in [0.717, 1.165) is 40.7 Å². The van der Waals surface area contributed by atoms with Crippen LogP contribution in [0.15, 0.2) is 81.9 Å². The van der Waals surface area contributed by atoms with Crippen LogP contribution in [0.5, 0.6) is 0 Å². The van der Waals surface area contributed by atoms with Crippen molar-refractivity contribution in [2.75, 3.05) is 11.1 Å². The molecule has 0 saturated heterocycles. The number of hydrogen-bond donors (Lipinski definition) is 5. The number of nitrogens with two attached hydrogens (primary N) is 1. The van der Waals surface area contributed by atoms with Gasteiger partial charge in [-0.15, -0.1) is 0 Å². The highest BCUT2D eigenvalue weighted by Crippen LogP contribution is 2.32. The first kappa shape index (κ1) is 27.3. The topological polar surface area (TPSA) is 190 Å². The number of amides is 2. The predicted octanol–water partition coefficient (Wildman–Crippen LogP) is 1.37. The molecular weight excluding hydrogens is 552 g/mol. The van der Waals surface area contributed by atoms with E-state index >= 15 is 0 Å². The van der Waals surface area contributed by atoms with Crippen LogP contribution >= 0.6 is 0 Å². The Labute approximate surface area is 244 Å². The van der Waals surface area contributed by atoms with Gasteiger partial charge < -0.3 is 26.5 Å². The number of carbonyl (C=O) groups is 2. The molecule has 1 aromatic heterocycles. The first-order valence-electron chi connectivity index (χ1n) is 13.4. The summed E-state index contributed by atoms with van der Waals surface area (Å²) in [5, 5.41) is 8.68. The molecule has 0 saturated carbocycles. The summed E-state index contributed by atoms with van der Waals surface area (Å²) in [6.45, 7) is 4.14. The molecule has 13 nitrogen and oxygen atoms in total. The monoisotopic (exact) mass is 578 g/mol. The quantitative estimate of drug-likeness (QED) is 0.181. The highest BCUT2D eigenvalue weighted by Gasteiger charge is 2.26.